The third-order valence-electron chi connectivity index (χ3n) is 5.42. The zero-order valence-electron chi connectivity index (χ0n) is 14.3. The summed E-state index contributed by atoms with van der Waals surface area (Å²) >= 11 is 1.52. The highest BCUT2D eigenvalue weighted by Gasteiger charge is 2.47. The van der Waals surface area contributed by atoms with Crippen LogP contribution in [0, 0.1) is 5.92 Å². The van der Waals surface area contributed by atoms with Crippen LogP contribution in [0.25, 0.3) is 10.7 Å². The number of rotatable bonds is 5. The summed E-state index contributed by atoms with van der Waals surface area (Å²) in [5.74, 6) is 0.239. The Balaban J connectivity index is 1.42. The van der Waals surface area contributed by atoms with E-state index in [0.29, 0.717) is 30.5 Å². The number of amides is 1. The molecular weight excluding hydrogens is 354 g/mol. The van der Waals surface area contributed by atoms with Gasteiger partial charge in [-0.15, -0.1) is 11.3 Å². The van der Waals surface area contributed by atoms with Crippen molar-refractivity contribution < 1.29 is 19.2 Å². The molecule has 2 aliphatic rings. The maximum atomic E-state index is 12.8. The van der Waals surface area contributed by atoms with Crippen LogP contribution in [0.1, 0.15) is 44.4 Å². The van der Waals surface area contributed by atoms with Gasteiger partial charge in [-0.25, -0.2) is 4.79 Å². The number of aryl methyl sites for hydroxylation is 1. The number of aromatic nitrogens is 2. The Hall–Kier alpha value is -2.22. The van der Waals surface area contributed by atoms with Gasteiger partial charge in [0.25, 0.3) is 0 Å². The van der Waals surface area contributed by atoms with E-state index in [1.165, 1.54) is 11.3 Å². The number of likely N-dealkylation sites (tertiary alicyclic amines) is 1. The summed E-state index contributed by atoms with van der Waals surface area (Å²) in [6.45, 7) is 0. The number of carboxylic acids is 1. The van der Waals surface area contributed by atoms with Crippen molar-refractivity contribution in [2.45, 2.75) is 57.0 Å². The summed E-state index contributed by atoms with van der Waals surface area (Å²) in [4.78, 5) is 31.3. The fourth-order valence-electron chi connectivity index (χ4n) is 4.24. The third kappa shape index (κ3) is 3.25. The van der Waals surface area contributed by atoms with E-state index in [1.54, 1.807) is 4.90 Å². The van der Waals surface area contributed by atoms with E-state index in [4.69, 9.17) is 4.52 Å². The lowest BCUT2D eigenvalue weighted by Crippen LogP contribution is -2.46. The molecule has 1 aliphatic carbocycles. The van der Waals surface area contributed by atoms with Crippen molar-refractivity contribution >= 4 is 23.2 Å². The van der Waals surface area contributed by atoms with E-state index in [1.807, 2.05) is 17.5 Å². The molecule has 4 rings (SSSR count). The zero-order valence-corrected chi connectivity index (χ0v) is 15.2. The minimum Gasteiger partial charge on any atom is -0.480 e. The van der Waals surface area contributed by atoms with E-state index >= 15 is 0 Å². The van der Waals surface area contributed by atoms with Crippen LogP contribution in [-0.4, -0.2) is 44.1 Å². The molecule has 3 heterocycles. The highest BCUT2D eigenvalue weighted by Crippen LogP contribution is 2.40. The molecule has 1 aliphatic heterocycles. The number of carboxylic acid groups (broad SMARTS) is 1. The van der Waals surface area contributed by atoms with Gasteiger partial charge in [0.15, 0.2) is 0 Å². The number of carbonyl (C=O) groups excluding carboxylic acids is 1. The SMILES string of the molecule is O=C(O)C1CC2CCCCC2N1C(=O)CCc1nc(-c2cccs2)no1. The first-order valence-corrected chi connectivity index (χ1v) is 9.92. The number of hydrogen-bond donors (Lipinski definition) is 1. The predicted octanol–water partition coefficient (Wildman–Crippen LogP) is 2.98. The molecule has 2 fully saturated rings. The third-order valence-corrected chi connectivity index (χ3v) is 6.29. The fourth-order valence-corrected chi connectivity index (χ4v) is 4.89. The summed E-state index contributed by atoms with van der Waals surface area (Å²) in [5, 5.41) is 15.4. The number of aliphatic carboxylic acids is 1. The quantitative estimate of drug-likeness (QED) is 0.863. The lowest BCUT2D eigenvalue weighted by Gasteiger charge is -2.33. The molecule has 26 heavy (non-hydrogen) atoms. The lowest BCUT2D eigenvalue weighted by molar-refractivity contribution is -0.149. The summed E-state index contributed by atoms with van der Waals surface area (Å²) in [5.41, 5.74) is 0. The normalized spacial score (nSPS) is 25.2. The van der Waals surface area contributed by atoms with Gasteiger partial charge in [0.1, 0.15) is 6.04 Å². The Bertz CT molecular complexity index is 788. The van der Waals surface area contributed by atoms with Crippen LogP contribution in [0.3, 0.4) is 0 Å². The molecule has 8 heteroatoms. The molecule has 1 N–H and O–H groups in total. The molecule has 0 bridgehead atoms. The minimum atomic E-state index is -0.898. The fraction of sp³-hybridized carbons (Fsp3) is 0.556. The Morgan fingerprint density at radius 3 is 2.96 bits per heavy atom. The van der Waals surface area contributed by atoms with Gasteiger partial charge in [-0.1, -0.05) is 24.1 Å². The average Bonchev–Trinajstić information content (AvgIpc) is 3.37. The zero-order chi connectivity index (χ0) is 18.1. The average molecular weight is 375 g/mol. The first kappa shape index (κ1) is 17.2. The van der Waals surface area contributed by atoms with E-state index < -0.39 is 12.0 Å². The van der Waals surface area contributed by atoms with Crippen LogP contribution in [0.4, 0.5) is 0 Å². The van der Waals surface area contributed by atoms with Crippen molar-refractivity contribution in [3.63, 3.8) is 0 Å². The first-order valence-electron chi connectivity index (χ1n) is 9.04. The molecule has 0 aromatic carbocycles. The highest BCUT2D eigenvalue weighted by atomic mass is 32.1. The van der Waals surface area contributed by atoms with Crippen LogP contribution in [0.5, 0.6) is 0 Å². The highest BCUT2D eigenvalue weighted by molar-refractivity contribution is 7.13. The number of carbonyl (C=O) groups is 2. The van der Waals surface area contributed by atoms with Crippen LogP contribution in [0.15, 0.2) is 22.0 Å². The summed E-state index contributed by atoms with van der Waals surface area (Å²) in [6, 6.07) is 3.20. The van der Waals surface area contributed by atoms with Crippen LogP contribution in [0.2, 0.25) is 0 Å². The molecule has 7 nitrogen and oxygen atoms in total. The number of nitrogens with zero attached hydrogens (tertiary/aromatic N) is 3. The topological polar surface area (TPSA) is 96.5 Å². The molecule has 1 saturated carbocycles. The second-order valence-electron chi connectivity index (χ2n) is 6.99. The van der Waals surface area contributed by atoms with Crippen LogP contribution >= 0.6 is 11.3 Å². The van der Waals surface area contributed by atoms with Gasteiger partial charge in [0, 0.05) is 18.9 Å². The van der Waals surface area contributed by atoms with Crippen molar-refractivity contribution in [1.82, 2.24) is 15.0 Å². The number of thiophene rings is 1. The van der Waals surface area contributed by atoms with Gasteiger partial charge in [-0.3, -0.25) is 4.79 Å². The van der Waals surface area contributed by atoms with Gasteiger partial charge < -0.3 is 14.5 Å². The smallest absolute Gasteiger partial charge is 0.326 e. The number of hydrogen-bond acceptors (Lipinski definition) is 6. The van der Waals surface area contributed by atoms with E-state index in [9.17, 15) is 14.7 Å². The molecule has 3 unspecified atom stereocenters. The molecular formula is C18H21N3O4S. The first-order chi connectivity index (χ1) is 12.6. The standard InChI is InChI=1S/C18H21N3O4S/c22-16(8-7-15-19-17(20-25-15)14-6-3-9-26-14)21-12-5-2-1-4-11(12)10-13(21)18(23)24/h3,6,9,11-13H,1-2,4-5,7-8,10H2,(H,23,24). The summed E-state index contributed by atoms with van der Waals surface area (Å²) in [7, 11) is 0. The van der Waals surface area contributed by atoms with Crippen molar-refractivity contribution in [3.8, 4) is 10.7 Å². The molecule has 0 radical (unpaired) electrons. The molecule has 1 amide bonds. The molecule has 2 aromatic rings. The lowest BCUT2D eigenvalue weighted by atomic mass is 9.84. The molecule has 2 aromatic heterocycles. The summed E-state index contributed by atoms with van der Waals surface area (Å²) in [6.07, 6.45) is 5.22. The van der Waals surface area contributed by atoms with E-state index in [2.05, 4.69) is 10.1 Å². The molecule has 0 spiro atoms. The van der Waals surface area contributed by atoms with E-state index in [0.717, 1.165) is 30.6 Å². The van der Waals surface area contributed by atoms with Gasteiger partial charge >= 0.3 is 5.97 Å². The van der Waals surface area contributed by atoms with Crippen LogP contribution in [-0.2, 0) is 16.0 Å². The van der Waals surface area contributed by atoms with Crippen LogP contribution < -0.4 is 0 Å². The monoisotopic (exact) mass is 375 g/mol. The van der Waals surface area contributed by atoms with Crippen molar-refractivity contribution in [3.05, 3.63) is 23.4 Å². The van der Waals surface area contributed by atoms with Gasteiger partial charge in [0.2, 0.25) is 17.6 Å². The minimum absolute atomic E-state index is 0.0710. The maximum absolute atomic E-state index is 12.8. The van der Waals surface area contributed by atoms with Crippen molar-refractivity contribution in [2.24, 2.45) is 5.92 Å². The summed E-state index contributed by atoms with van der Waals surface area (Å²) < 4.78 is 5.24. The van der Waals surface area contributed by atoms with Crippen molar-refractivity contribution in [2.75, 3.05) is 0 Å². The molecule has 138 valence electrons. The van der Waals surface area contributed by atoms with Gasteiger partial charge in [-0.2, -0.15) is 4.98 Å². The predicted molar refractivity (Wildman–Crippen MR) is 94.6 cm³/mol. The maximum Gasteiger partial charge on any atom is 0.326 e. The Morgan fingerprint density at radius 2 is 2.19 bits per heavy atom. The second-order valence-corrected chi connectivity index (χ2v) is 7.94. The molecule has 3 atom stereocenters. The second kappa shape index (κ2) is 7.19. The largest absolute Gasteiger partial charge is 0.480 e. The van der Waals surface area contributed by atoms with Gasteiger partial charge in [0.05, 0.1) is 4.88 Å². The van der Waals surface area contributed by atoms with Gasteiger partial charge in [-0.05, 0) is 36.6 Å². The Morgan fingerprint density at radius 1 is 1.35 bits per heavy atom. The number of fused-ring (bicyclic) bond motifs is 1. The molecule has 1 saturated heterocycles. The van der Waals surface area contributed by atoms with Crippen molar-refractivity contribution in [1.29, 1.82) is 0 Å². The Kier molecular flexibility index (Phi) is 4.76. The van der Waals surface area contributed by atoms with E-state index in [-0.39, 0.29) is 18.4 Å². The Labute approximate surface area is 155 Å².